The van der Waals surface area contributed by atoms with Crippen molar-refractivity contribution in [3.63, 3.8) is 0 Å². The topological polar surface area (TPSA) is 392 Å². The van der Waals surface area contributed by atoms with Gasteiger partial charge in [0.15, 0.2) is 5.78 Å². The van der Waals surface area contributed by atoms with Crippen LogP contribution in [0.2, 0.25) is 5.02 Å². The largest absolute Gasteiger partial charge is 0.388 e. The first-order valence-electron chi connectivity index (χ1n) is 39.8. The Morgan fingerprint density at radius 1 is 0.458 bits per heavy atom. The molecule has 26 heteroatoms. The first-order chi connectivity index (χ1) is 56.4. The molecule has 8 aromatic rings. The first kappa shape index (κ1) is 97.1. The fourth-order valence-corrected chi connectivity index (χ4v) is 13.0. The van der Waals surface area contributed by atoms with Crippen LogP contribution in [-0.4, -0.2) is 97.2 Å². The zero-order chi connectivity index (χ0) is 89.1. The molecule has 10 amide bonds. The van der Waals surface area contributed by atoms with Crippen molar-refractivity contribution >= 4 is 76.2 Å². The van der Waals surface area contributed by atoms with Gasteiger partial charge in [0.1, 0.15) is 6.61 Å². The van der Waals surface area contributed by atoms with Gasteiger partial charge in [-0.15, -0.1) is 0 Å². The van der Waals surface area contributed by atoms with Crippen molar-refractivity contribution < 1.29 is 73.9 Å². The molecule has 1 saturated carbocycles. The van der Waals surface area contributed by atoms with E-state index in [0.717, 1.165) is 75.8 Å². The average Bonchev–Trinajstić information content (AvgIpc) is 1.59. The molecule has 8 aromatic carbocycles. The Hall–Kier alpha value is -11.7. The number of hydrogen-bond donors (Lipinski definition) is 15. The smallest absolute Gasteiger partial charge is 0.315 e. The summed E-state index contributed by atoms with van der Waals surface area (Å²) in [6.45, 7) is 33.3. The van der Waals surface area contributed by atoms with Crippen molar-refractivity contribution in [3.05, 3.63) is 288 Å². The van der Waals surface area contributed by atoms with Crippen LogP contribution in [-0.2, 0) is 31.6 Å². The van der Waals surface area contributed by atoms with Crippen LogP contribution in [0.4, 0.5) is 4.79 Å². The Morgan fingerprint density at radius 3 is 1.38 bits per heavy atom. The van der Waals surface area contributed by atoms with Gasteiger partial charge in [0.2, 0.25) is 17.7 Å². The van der Waals surface area contributed by atoms with E-state index in [1.54, 1.807) is 137 Å². The molecule has 0 aromatic heterocycles. The lowest BCUT2D eigenvalue weighted by atomic mass is 9.82. The summed E-state index contributed by atoms with van der Waals surface area (Å²) < 4.78 is 0. The fourth-order valence-electron chi connectivity index (χ4n) is 12.9. The molecule has 4 unspecified atom stereocenters. The van der Waals surface area contributed by atoms with Gasteiger partial charge in [-0.05, 0) is 234 Å². The normalized spacial score (nSPS) is 13.4. The van der Waals surface area contributed by atoms with Gasteiger partial charge < -0.3 is 37.0 Å². The third-order valence-corrected chi connectivity index (χ3v) is 20.6. The van der Waals surface area contributed by atoms with Gasteiger partial charge in [-0.25, -0.2) is 26.7 Å². The number of allylic oxidation sites excluding steroid dienone is 1. The number of rotatable bonds is 24. The molecule has 0 aliphatic heterocycles. The second-order valence-electron chi connectivity index (χ2n) is 33.6. The lowest BCUT2D eigenvalue weighted by Gasteiger charge is -2.32. The molecular formula is C94H117ClN10O15. The third-order valence-electron chi connectivity index (χ3n) is 20.4. The molecule has 0 heterocycles. The minimum atomic E-state index is -0.713. The molecule has 5 atom stereocenters. The van der Waals surface area contributed by atoms with Gasteiger partial charge in [0.25, 0.3) is 29.5 Å². The molecular weight excluding hydrogens is 1540 g/mol. The highest BCUT2D eigenvalue weighted by atomic mass is 35.5. The molecule has 25 nitrogen and oxygen atoms in total. The number of urea groups is 1. The van der Waals surface area contributed by atoms with Gasteiger partial charge in [-0.2, -0.15) is 0 Å². The minimum absolute atomic E-state index is 0.0333. The van der Waals surface area contributed by atoms with Crippen LogP contribution in [0.25, 0.3) is 5.57 Å². The Morgan fingerprint density at radius 2 is 0.908 bits per heavy atom. The molecule has 10 rings (SSSR count). The van der Waals surface area contributed by atoms with Crippen LogP contribution in [0.3, 0.4) is 0 Å². The van der Waals surface area contributed by atoms with Gasteiger partial charge in [0, 0.05) is 62.4 Å². The number of hydrogen-bond acceptors (Lipinski definition) is 15. The number of amides is 10. The van der Waals surface area contributed by atoms with E-state index >= 15 is 0 Å². The molecule has 0 radical (unpaired) electrons. The lowest BCUT2D eigenvalue weighted by Crippen LogP contribution is -2.47. The van der Waals surface area contributed by atoms with Crippen molar-refractivity contribution in [2.24, 2.45) is 11.3 Å². The quantitative estimate of drug-likeness (QED) is 0.0152. The number of fused-ring (bicyclic) bond motifs is 1. The Labute approximate surface area is 708 Å². The number of benzene rings is 8. The molecule has 120 heavy (non-hydrogen) atoms. The molecule has 15 N–H and O–H groups in total. The molecule has 640 valence electrons. The van der Waals surface area contributed by atoms with Crippen molar-refractivity contribution in [2.75, 3.05) is 6.61 Å². The molecule has 0 spiro atoms. The molecule has 0 bridgehead atoms. The Kier molecular flexibility index (Phi) is 35.9. The summed E-state index contributed by atoms with van der Waals surface area (Å²) >= 11 is 5.91. The number of ketones is 1. The second kappa shape index (κ2) is 44.4. The number of carbonyl (C=O) groups is 10. The van der Waals surface area contributed by atoms with Crippen LogP contribution in [0.5, 0.6) is 0 Å². The van der Waals surface area contributed by atoms with Gasteiger partial charge in [-0.3, -0.25) is 64.0 Å². The number of nitrogens with one attached hydrogen (secondary N) is 10. The van der Waals surface area contributed by atoms with E-state index in [1.165, 1.54) is 16.7 Å². The monoisotopic (exact) mass is 1660 g/mol. The van der Waals surface area contributed by atoms with Crippen LogP contribution in [0, 0.1) is 18.3 Å². The number of hydroxylamine groups is 4. The predicted molar refractivity (Wildman–Crippen MR) is 463 cm³/mol. The van der Waals surface area contributed by atoms with Crippen molar-refractivity contribution in [3.8, 4) is 0 Å². The summed E-state index contributed by atoms with van der Waals surface area (Å²) in [5, 5.41) is 62.1. The zero-order valence-electron chi connectivity index (χ0n) is 71.5. The summed E-state index contributed by atoms with van der Waals surface area (Å²) in [6, 6.07) is 54.1. The standard InChI is InChI=1S/C23H30N2O3.C21H22N2O3.C19H21ClN2O3.C17H26N2O3.C14H18N2O3/c1-22(2,3)18-13-11-16(12-14-18)20(26)24-19(23(4,5)6)15-7-9-17(10-8-15)21(27)25-28;1-12-7-8-16-11-19(13(2)18(16)9-12)21(25)22-14(3)15-5-4-6-17(10-15)20(24)23-26;1-12(13-4-6-14(7-5-13)17(23)22-25)21-18(24)19(2,3)15-8-10-16(20)11-9-15;1-5-6-14(18-16(22)19-17(2,3)4)12-7-9-13(10-8-12)15(21)11-20;1-9(15-13(17)8-10-2-3-10)11-4-6-12(7-5-11)14(18)16-19/h7-14,19,28H,1-6H3,(H,24,26)(H,25,27);4-10,14,26H,11H2,1-3H3,(H,22,25)(H,23,24);4-12,25H,1-3H3,(H,21,24)(H,22,23);7-10,14,20H,5-6,11H2,1-4H3,(H2,18,19,22);4-7,9-10,19H,2-3,8H2,1H3,(H,15,17)(H,16,18)/t;;;14-;/m...1./s1. The number of halogens is 1. The minimum Gasteiger partial charge on any atom is -0.388 e. The highest BCUT2D eigenvalue weighted by Crippen LogP contribution is 2.37. The van der Waals surface area contributed by atoms with Crippen molar-refractivity contribution in [1.29, 1.82) is 0 Å². The maximum Gasteiger partial charge on any atom is 0.315 e. The highest BCUT2D eigenvalue weighted by Gasteiger charge is 2.33. The maximum atomic E-state index is 12.8. The SMILES string of the molecule is CC(C)(C)c1ccc(C(=O)NC(c2ccc(C(=O)NO)cc2)C(C)(C)C)cc1.CC(NC(=O)C(C)(C)c1ccc(Cl)cc1)c1ccc(C(=O)NO)cc1.CC(NC(=O)CC1CC1)c1ccc(C(=O)NO)cc1.CC1=C(C(=O)NC(C)c2cccc(C(=O)NO)c2)Cc2ccc(C)cc21.CCC[C@@H](NC(=O)NC(C)(C)C)c1ccc(C(=O)CO)cc1. The van der Waals surface area contributed by atoms with Crippen molar-refractivity contribution in [1.82, 2.24) is 53.8 Å². The van der Waals surface area contributed by atoms with E-state index in [4.69, 9.17) is 37.5 Å². The molecule has 2 aliphatic rings. The summed E-state index contributed by atoms with van der Waals surface area (Å²) in [5.74, 6) is -2.28. The average molecular weight is 1660 g/mol. The zero-order valence-corrected chi connectivity index (χ0v) is 72.3. The highest BCUT2D eigenvalue weighted by molar-refractivity contribution is 6.30. The third kappa shape index (κ3) is 29.4. The van der Waals surface area contributed by atoms with Gasteiger partial charge >= 0.3 is 6.03 Å². The van der Waals surface area contributed by atoms with E-state index in [0.29, 0.717) is 57.2 Å². The number of Topliss-reactive ketones (excluding diaryl/α,β-unsaturated/α-hetero) is 1. The van der Waals surface area contributed by atoms with Crippen LogP contribution >= 0.6 is 11.6 Å². The van der Waals surface area contributed by atoms with Crippen LogP contribution < -0.4 is 53.8 Å². The van der Waals surface area contributed by atoms with E-state index in [2.05, 4.69) is 98.6 Å². The lowest BCUT2D eigenvalue weighted by molar-refractivity contribution is -0.126. The Bertz CT molecular complexity index is 4880. The number of aliphatic hydroxyl groups is 1. The van der Waals surface area contributed by atoms with Crippen LogP contribution in [0.1, 0.15) is 291 Å². The maximum absolute atomic E-state index is 12.8. The fraction of sp³-hybridized carbons (Fsp3) is 0.362. The number of aliphatic hydroxyl groups excluding tert-OH is 1. The molecule has 0 saturated heterocycles. The molecule has 2 aliphatic carbocycles. The van der Waals surface area contributed by atoms with Crippen LogP contribution in [0.15, 0.2) is 194 Å². The molecule has 1 fully saturated rings. The first-order valence-corrected chi connectivity index (χ1v) is 40.2. The van der Waals surface area contributed by atoms with Gasteiger partial charge in [-0.1, -0.05) is 187 Å². The number of carbonyl (C=O) groups excluding carboxylic acids is 10. The summed E-state index contributed by atoms with van der Waals surface area (Å²) in [4.78, 5) is 119. The predicted octanol–water partition coefficient (Wildman–Crippen LogP) is 16.1. The Balaban J connectivity index is 0.000000234. The van der Waals surface area contributed by atoms with E-state index < -0.39 is 35.7 Å². The van der Waals surface area contributed by atoms with Gasteiger partial charge in [0.05, 0.1) is 35.6 Å². The van der Waals surface area contributed by atoms with Crippen molar-refractivity contribution in [2.45, 2.75) is 203 Å². The van der Waals surface area contributed by atoms with E-state index in [-0.39, 0.29) is 82.0 Å². The van der Waals surface area contributed by atoms with E-state index in [9.17, 15) is 47.9 Å². The second-order valence-corrected chi connectivity index (χ2v) is 34.1. The summed E-state index contributed by atoms with van der Waals surface area (Å²) in [6.07, 6.45) is 5.30. The van der Waals surface area contributed by atoms with E-state index in [1.807, 2.05) is 124 Å². The number of aryl methyl sites for hydroxylation is 1. The summed E-state index contributed by atoms with van der Waals surface area (Å²) in [5.41, 5.74) is 19.4. The summed E-state index contributed by atoms with van der Waals surface area (Å²) in [7, 11) is 0.